The molecule has 2 nitrogen and oxygen atoms in total. The number of halogens is 2. The molecule has 0 aromatic carbocycles. The summed E-state index contributed by atoms with van der Waals surface area (Å²) in [6.07, 6.45) is 2.12. The second kappa shape index (κ2) is 4.90. The number of nitrogens with zero attached hydrogens (tertiary/aromatic N) is 1. The van der Waals surface area contributed by atoms with Crippen LogP contribution in [0, 0.1) is 0 Å². The quantitative estimate of drug-likeness (QED) is 0.731. The van der Waals surface area contributed by atoms with Gasteiger partial charge in [-0.3, -0.25) is 0 Å². The van der Waals surface area contributed by atoms with Crippen LogP contribution in [0.4, 0.5) is 0 Å². The molecule has 0 fully saturated rings. The number of aromatic nitrogens is 1. The molecule has 0 N–H and O–H groups in total. The molecule has 0 bridgehead atoms. The molecular formula is C7H9Cl2NOS. The van der Waals surface area contributed by atoms with Crippen molar-refractivity contribution in [2.75, 3.05) is 6.61 Å². The highest BCUT2D eigenvalue weighted by molar-refractivity contribution is 7.09. The summed E-state index contributed by atoms with van der Waals surface area (Å²) in [6.45, 7) is 2.78. The normalized spacial score (nSPS) is 10.2. The van der Waals surface area contributed by atoms with Crippen molar-refractivity contribution < 1.29 is 4.74 Å². The minimum atomic E-state index is 0.327. The summed E-state index contributed by atoms with van der Waals surface area (Å²) in [4.78, 5) is 0. The van der Waals surface area contributed by atoms with Gasteiger partial charge in [0.25, 0.3) is 0 Å². The first-order valence-corrected chi connectivity index (χ1v) is 5.22. The predicted molar refractivity (Wildman–Crippen MR) is 52.5 cm³/mol. The summed E-state index contributed by atoms with van der Waals surface area (Å²) in [5.41, 5.74) is 0. The van der Waals surface area contributed by atoms with E-state index in [1.54, 1.807) is 0 Å². The van der Waals surface area contributed by atoms with Gasteiger partial charge in [0.15, 0.2) is 5.15 Å². The summed E-state index contributed by atoms with van der Waals surface area (Å²) in [6, 6.07) is 0. The molecule has 0 unspecified atom stereocenters. The lowest BCUT2D eigenvalue weighted by Gasteiger charge is -2.00. The van der Waals surface area contributed by atoms with Crippen molar-refractivity contribution in [3.05, 3.63) is 10.2 Å². The number of hydrogen-bond acceptors (Lipinski definition) is 3. The monoisotopic (exact) mass is 225 g/mol. The highest BCUT2D eigenvalue weighted by Gasteiger charge is 2.09. The highest BCUT2D eigenvalue weighted by atomic mass is 35.5. The second-order valence-electron chi connectivity index (χ2n) is 2.28. The lowest BCUT2D eigenvalue weighted by molar-refractivity contribution is 0.318. The van der Waals surface area contributed by atoms with Crippen molar-refractivity contribution >= 4 is 34.7 Å². The van der Waals surface area contributed by atoms with Crippen LogP contribution in [0.15, 0.2) is 0 Å². The van der Waals surface area contributed by atoms with Gasteiger partial charge >= 0.3 is 0 Å². The molecule has 0 radical (unpaired) electrons. The highest BCUT2D eigenvalue weighted by Crippen LogP contribution is 2.35. The predicted octanol–water partition coefficient (Wildman–Crippen LogP) is 3.63. The van der Waals surface area contributed by atoms with Gasteiger partial charge < -0.3 is 4.74 Å². The Balaban J connectivity index is 2.46. The third kappa shape index (κ3) is 2.51. The zero-order chi connectivity index (χ0) is 8.97. The standard InChI is InChI=1S/C7H9Cl2NOS/c1-2-3-4-11-7-5(8)6(9)10-12-7/h2-4H2,1H3. The van der Waals surface area contributed by atoms with E-state index in [0.29, 0.717) is 21.8 Å². The fourth-order valence-corrected chi connectivity index (χ4v) is 1.71. The average molecular weight is 226 g/mol. The maximum Gasteiger partial charge on any atom is 0.214 e. The van der Waals surface area contributed by atoms with Crippen molar-refractivity contribution in [2.24, 2.45) is 0 Å². The molecule has 0 spiro atoms. The lowest BCUT2D eigenvalue weighted by Crippen LogP contribution is -1.94. The van der Waals surface area contributed by atoms with Gasteiger partial charge in [-0.05, 0) is 6.42 Å². The topological polar surface area (TPSA) is 22.1 Å². The van der Waals surface area contributed by atoms with Crippen LogP contribution in [-0.2, 0) is 0 Å². The third-order valence-corrected chi connectivity index (χ3v) is 2.99. The number of unbranched alkanes of at least 4 members (excludes halogenated alkanes) is 1. The van der Waals surface area contributed by atoms with Gasteiger partial charge in [0.1, 0.15) is 5.02 Å². The Bertz CT molecular complexity index is 252. The molecule has 0 saturated heterocycles. The van der Waals surface area contributed by atoms with Crippen LogP contribution in [0.5, 0.6) is 5.06 Å². The summed E-state index contributed by atoms with van der Waals surface area (Å²) in [5, 5.41) is 1.38. The van der Waals surface area contributed by atoms with E-state index in [2.05, 4.69) is 11.3 Å². The molecule has 0 amide bonds. The smallest absolute Gasteiger partial charge is 0.214 e. The Kier molecular flexibility index (Phi) is 4.12. The summed E-state index contributed by atoms with van der Waals surface area (Å²) < 4.78 is 9.18. The SMILES string of the molecule is CCCCOc1snc(Cl)c1Cl. The van der Waals surface area contributed by atoms with Gasteiger partial charge in [-0.15, -0.1) is 0 Å². The molecule has 68 valence electrons. The van der Waals surface area contributed by atoms with E-state index in [1.165, 1.54) is 11.5 Å². The molecule has 1 aromatic heterocycles. The first-order chi connectivity index (χ1) is 5.75. The molecule has 0 aliphatic heterocycles. The fourth-order valence-electron chi connectivity index (χ4n) is 0.645. The van der Waals surface area contributed by atoms with E-state index in [1.807, 2.05) is 0 Å². The van der Waals surface area contributed by atoms with Gasteiger partial charge in [-0.1, -0.05) is 36.5 Å². The Labute approximate surface area is 85.6 Å². The molecule has 0 atom stereocenters. The molecule has 5 heteroatoms. The van der Waals surface area contributed by atoms with E-state index in [4.69, 9.17) is 27.9 Å². The minimum absolute atomic E-state index is 0.327. The lowest BCUT2D eigenvalue weighted by atomic mass is 10.4. The first-order valence-electron chi connectivity index (χ1n) is 3.69. The average Bonchev–Trinajstić information content (AvgIpc) is 2.36. The molecular weight excluding hydrogens is 217 g/mol. The van der Waals surface area contributed by atoms with Crippen molar-refractivity contribution in [3.63, 3.8) is 0 Å². The second-order valence-corrected chi connectivity index (χ2v) is 3.75. The van der Waals surface area contributed by atoms with Crippen LogP contribution in [0.2, 0.25) is 10.2 Å². The Morgan fingerprint density at radius 2 is 2.25 bits per heavy atom. The van der Waals surface area contributed by atoms with Crippen LogP contribution in [-0.4, -0.2) is 11.0 Å². The minimum Gasteiger partial charge on any atom is -0.482 e. The largest absolute Gasteiger partial charge is 0.482 e. The maximum absolute atomic E-state index is 5.78. The van der Waals surface area contributed by atoms with E-state index in [0.717, 1.165) is 12.8 Å². The van der Waals surface area contributed by atoms with Gasteiger partial charge in [-0.2, -0.15) is 4.37 Å². The molecule has 12 heavy (non-hydrogen) atoms. The molecule has 1 rings (SSSR count). The molecule has 0 aliphatic rings. The van der Waals surface area contributed by atoms with Crippen LogP contribution < -0.4 is 4.74 Å². The third-order valence-electron chi connectivity index (χ3n) is 1.30. The summed E-state index contributed by atoms with van der Waals surface area (Å²) >= 11 is 12.6. The van der Waals surface area contributed by atoms with Gasteiger partial charge in [0, 0.05) is 11.5 Å². The van der Waals surface area contributed by atoms with Gasteiger partial charge in [0.05, 0.1) is 6.61 Å². The molecule has 0 aliphatic carbocycles. The number of hydrogen-bond donors (Lipinski definition) is 0. The number of ether oxygens (including phenoxy) is 1. The van der Waals surface area contributed by atoms with Gasteiger partial charge in [0.2, 0.25) is 5.06 Å². The number of rotatable bonds is 4. The zero-order valence-corrected chi connectivity index (χ0v) is 8.97. The van der Waals surface area contributed by atoms with Crippen LogP contribution in [0.25, 0.3) is 0 Å². The summed E-state index contributed by atoms with van der Waals surface area (Å²) in [5.74, 6) is 0. The van der Waals surface area contributed by atoms with Crippen LogP contribution in [0.3, 0.4) is 0 Å². The molecule has 1 aromatic rings. The van der Waals surface area contributed by atoms with Gasteiger partial charge in [-0.25, -0.2) is 0 Å². The first kappa shape index (κ1) is 10.1. The molecule has 1 heterocycles. The Morgan fingerprint density at radius 3 is 2.75 bits per heavy atom. The van der Waals surface area contributed by atoms with Crippen molar-refractivity contribution in [3.8, 4) is 5.06 Å². The van der Waals surface area contributed by atoms with E-state index >= 15 is 0 Å². The van der Waals surface area contributed by atoms with Crippen LogP contribution in [0.1, 0.15) is 19.8 Å². The van der Waals surface area contributed by atoms with E-state index < -0.39 is 0 Å². The van der Waals surface area contributed by atoms with Crippen molar-refractivity contribution in [1.29, 1.82) is 0 Å². The Hall–Kier alpha value is 0.01000. The van der Waals surface area contributed by atoms with Crippen molar-refractivity contribution in [1.82, 2.24) is 4.37 Å². The van der Waals surface area contributed by atoms with Crippen LogP contribution >= 0.6 is 34.7 Å². The zero-order valence-electron chi connectivity index (χ0n) is 6.64. The molecule has 0 saturated carbocycles. The maximum atomic E-state index is 5.78. The summed E-state index contributed by atoms with van der Waals surface area (Å²) in [7, 11) is 0. The van der Waals surface area contributed by atoms with Crippen molar-refractivity contribution in [2.45, 2.75) is 19.8 Å². The van der Waals surface area contributed by atoms with E-state index in [9.17, 15) is 0 Å². The fraction of sp³-hybridized carbons (Fsp3) is 0.571. The Morgan fingerprint density at radius 1 is 1.50 bits per heavy atom. The van der Waals surface area contributed by atoms with E-state index in [-0.39, 0.29) is 0 Å².